The molecule has 0 saturated carbocycles. The van der Waals surface area contributed by atoms with Crippen molar-refractivity contribution in [3.05, 3.63) is 54.6 Å². The third-order valence-corrected chi connectivity index (χ3v) is 3.09. The molecule has 0 aliphatic rings. The van der Waals surface area contributed by atoms with Crippen molar-refractivity contribution in [2.75, 3.05) is 0 Å². The molecule has 94 valence electrons. The number of halogens is 1. The smallest absolute Gasteiger partial charge is 0.169 e. The predicted molar refractivity (Wildman–Crippen MR) is 71.6 cm³/mol. The molecule has 0 amide bonds. The van der Waals surface area contributed by atoms with E-state index < -0.39 is 0 Å². The Kier molecular flexibility index (Phi) is 4.46. The third-order valence-electron chi connectivity index (χ3n) is 3.09. The van der Waals surface area contributed by atoms with Gasteiger partial charge in [0.05, 0.1) is 0 Å². The maximum Gasteiger partial charge on any atom is 0.169 e. The Balaban J connectivity index is 2.05. The van der Waals surface area contributed by atoms with Crippen molar-refractivity contribution in [2.45, 2.75) is 32.7 Å². The quantitative estimate of drug-likeness (QED) is 0.553. The second-order valence-corrected chi connectivity index (χ2v) is 4.54. The van der Waals surface area contributed by atoms with Crippen molar-refractivity contribution in [3.8, 4) is 11.1 Å². The summed E-state index contributed by atoms with van der Waals surface area (Å²) in [5.41, 5.74) is 2.18. The predicted octanol–water partition coefficient (Wildman–Crippen LogP) is 3.97. The first kappa shape index (κ1) is 12.7. The lowest BCUT2D eigenvalue weighted by Gasteiger charge is -2.01. The van der Waals surface area contributed by atoms with E-state index in [2.05, 4.69) is 36.0 Å². The van der Waals surface area contributed by atoms with Gasteiger partial charge in [-0.3, -0.25) is 0 Å². The molecule has 0 atom stereocenters. The third kappa shape index (κ3) is 3.39. The van der Waals surface area contributed by atoms with Crippen molar-refractivity contribution >= 4 is 0 Å². The molecule has 0 unspecified atom stereocenters. The Morgan fingerprint density at radius 1 is 0.889 bits per heavy atom. The number of hydrogen-bond donors (Lipinski definition) is 0. The minimum Gasteiger partial charge on any atom is -0.207 e. The molecular formula is C16H19FN+. The molecule has 2 heteroatoms. The summed E-state index contributed by atoms with van der Waals surface area (Å²) in [5, 5.41) is 0. The first-order valence-corrected chi connectivity index (χ1v) is 6.54. The van der Waals surface area contributed by atoms with Gasteiger partial charge in [0.25, 0.3) is 0 Å². The number of aryl methyl sites for hydroxylation is 1. The molecule has 0 fully saturated rings. The molecule has 0 aliphatic carbocycles. The molecule has 18 heavy (non-hydrogen) atoms. The van der Waals surface area contributed by atoms with Gasteiger partial charge < -0.3 is 0 Å². The lowest BCUT2D eigenvalue weighted by molar-refractivity contribution is -0.697. The molecular weight excluding hydrogens is 225 g/mol. The molecule has 0 bridgehead atoms. The molecule has 2 aromatic rings. The van der Waals surface area contributed by atoms with Crippen molar-refractivity contribution in [1.82, 2.24) is 0 Å². The standard InChI is InChI=1S/C16H19FN/c1-2-3-4-11-18-12-9-15(10-13-18)14-5-7-16(17)8-6-14/h5-10,12-13H,2-4,11H2,1H3/q+1. The van der Waals surface area contributed by atoms with Crippen LogP contribution < -0.4 is 4.57 Å². The number of unbranched alkanes of at least 4 members (excludes halogenated alkanes) is 2. The van der Waals surface area contributed by atoms with Gasteiger partial charge in [-0.05, 0) is 29.7 Å². The van der Waals surface area contributed by atoms with E-state index in [1.54, 1.807) is 0 Å². The Hall–Kier alpha value is -1.70. The van der Waals surface area contributed by atoms with Crippen molar-refractivity contribution in [2.24, 2.45) is 0 Å². The maximum absolute atomic E-state index is 12.8. The molecule has 1 heterocycles. The second-order valence-electron chi connectivity index (χ2n) is 4.54. The molecule has 2 rings (SSSR count). The number of aromatic nitrogens is 1. The maximum atomic E-state index is 12.8. The highest BCUT2D eigenvalue weighted by Gasteiger charge is 2.02. The minimum absolute atomic E-state index is 0.190. The molecule has 1 aromatic carbocycles. The zero-order valence-electron chi connectivity index (χ0n) is 10.8. The van der Waals surface area contributed by atoms with E-state index in [0.29, 0.717) is 0 Å². The van der Waals surface area contributed by atoms with E-state index in [1.165, 1.54) is 31.4 Å². The van der Waals surface area contributed by atoms with Gasteiger partial charge in [-0.1, -0.05) is 25.5 Å². The SMILES string of the molecule is CCCCC[n+]1ccc(-c2ccc(F)cc2)cc1. The van der Waals surface area contributed by atoms with Gasteiger partial charge >= 0.3 is 0 Å². The lowest BCUT2D eigenvalue weighted by atomic mass is 10.1. The van der Waals surface area contributed by atoms with Crippen LogP contribution in [0.15, 0.2) is 48.8 Å². The first-order valence-electron chi connectivity index (χ1n) is 6.54. The molecule has 0 radical (unpaired) electrons. The van der Waals surface area contributed by atoms with E-state index in [4.69, 9.17) is 0 Å². The second kappa shape index (κ2) is 6.29. The van der Waals surface area contributed by atoms with Crippen LogP contribution in [0.5, 0.6) is 0 Å². The Labute approximate surface area is 108 Å². The molecule has 1 aromatic heterocycles. The van der Waals surface area contributed by atoms with Gasteiger partial charge in [-0.2, -0.15) is 0 Å². The summed E-state index contributed by atoms with van der Waals surface area (Å²) >= 11 is 0. The van der Waals surface area contributed by atoms with E-state index in [9.17, 15) is 4.39 Å². The number of rotatable bonds is 5. The Bertz CT molecular complexity index is 473. The average Bonchev–Trinajstić information content (AvgIpc) is 2.41. The summed E-state index contributed by atoms with van der Waals surface area (Å²) in [7, 11) is 0. The van der Waals surface area contributed by atoms with Crippen molar-refractivity contribution in [3.63, 3.8) is 0 Å². The average molecular weight is 244 g/mol. The van der Waals surface area contributed by atoms with Crippen LogP contribution in [0.1, 0.15) is 26.2 Å². The fraction of sp³-hybridized carbons (Fsp3) is 0.312. The Morgan fingerprint density at radius 2 is 1.50 bits per heavy atom. The van der Waals surface area contributed by atoms with Gasteiger partial charge in [0.15, 0.2) is 12.4 Å². The van der Waals surface area contributed by atoms with Crippen LogP contribution in [0.4, 0.5) is 4.39 Å². The van der Waals surface area contributed by atoms with Crippen LogP contribution in [0.3, 0.4) is 0 Å². The molecule has 0 saturated heterocycles. The van der Waals surface area contributed by atoms with Gasteiger partial charge in [0.2, 0.25) is 0 Å². The highest BCUT2D eigenvalue weighted by molar-refractivity contribution is 5.61. The van der Waals surface area contributed by atoms with Crippen LogP contribution in [0.2, 0.25) is 0 Å². The monoisotopic (exact) mass is 244 g/mol. The highest BCUT2D eigenvalue weighted by Crippen LogP contribution is 2.17. The van der Waals surface area contributed by atoms with Crippen LogP contribution in [-0.2, 0) is 6.54 Å². The van der Waals surface area contributed by atoms with E-state index in [-0.39, 0.29) is 5.82 Å². The Morgan fingerprint density at radius 3 is 2.11 bits per heavy atom. The van der Waals surface area contributed by atoms with E-state index >= 15 is 0 Å². The van der Waals surface area contributed by atoms with Crippen molar-refractivity contribution in [1.29, 1.82) is 0 Å². The summed E-state index contributed by atoms with van der Waals surface area (Å²) < 4.78 is 15.0. The van der Waals surface area contributed by atoms with Crippen LogP contribution in [-0.4, -0.2) is 0 Å². The minimum atomic E-state index is -0.190. The number of benzene rings is 1. The van der Waals surface area contributed by atoms with Crippen LogP contribution >= 0.6 is 0 Å². The molecule has 0 spiro atoms. The van der Waals surface area contributed by atoms with E-state index in [0.717, 1.165) is 17.7 Å². The summed E-state index contributed by atoms with van der Waals surface area (Å²) in [6.07, 6.45) is 7.92. The highest BCUT2D eigenvalue weighted by atomic mass is 19.1. The van der Waals surface area contributed by atoms with Gasteiger partial charge in [-0.15, -0.1) is 0 Å². The van der Waals surface area contributed by atoms with Gasteiger partial charge in [-0.25, -0.2) is 8.96 Å². The summed E-state index contributed by atoms with van der Waals surface area (Å²) in [6, 6.07) is 10.8. The molecule has 0 aliphatic heterocycles. The summed E-state index contributed by atoms with van der Waals surface area (Å²) in [4.78, 5) is 0. The molecule has 1 nitrogen and oxygen atoms in total. The number of nitrogens with zero attached hydrogens (tertiary/aromatic N) is 1. The van der Waals surface area contributed by atoms with E-state index in [1.807, 2.05) is 12.1 Å². The number of pyridine rings is 1. The van der Waals surface area contributed by atoms with Crippen LogP contribution in [0, 0.1) is 5.82 Å². The first-order chi connectivity index (χ1) is 8.79. The lowest BCUT2D eigenvalue weighted by Crippen LogP contribution is -2.32. The summed E-state index contributed by atoms with van der Waals surface area (Å²) in [5.74, 6) is -0.190. The zero-order valence-corrected chi connectivity index (χ0v) is 10.8. The largest absolute Gasteiger partial charge is 0.207 e. The van der Waals surface area contributed by atoms with Gasteiger partial charge in [0.1, 0.15) is 12.4 Å². The topological polar surface area (TPSA) is 3.88 Å². The summed E-state index contributed by atoms with van der Waals surface area (Å²) in [6.45, 7) is 3.28. The van der Waals surface area contributed by atoms with Crippen molar-refractivity contribution < 1.29 is 8.96 Å². The fourth-order valence-corrected chi connectivity index (χ4v) is 1.99. The number of hydrogen-bond acceptors (Lipinski definition) is 0. The van der Waals surface area contributed by atoms with Gasteiger partial charge in [0, 0.05) is 18.6 Å². The fourth-order valence-electron chi connectivity index (χ4n) is 1.99. The normalized spacial score (nSPS) is 10.6. The van der Waals surface area contributed by atoms with Crippen LogP contribution in [0.25, 0.3) is 11.1 Å². The zero-order chi connectivity index (χ0) is 12.8. The molecule has 0 N–H and O–H groups in total.